The fourth-order valence-electron chi connectivity index (χ4n) is 4.97. The minimum Gasteiger partial charge on any atom is -0.464 e. The van der Waals surface area contributed by atoms with Gasteiger partial charge in [0.2, 0.25) is 5.91 Å². The van der Waals surface area contributed by atoms with Crippen molar-refractivity contribution in [1.29, 1.82) is 0 Å². The third kappa shape index (κ3) is 2.16. The average molecular weight is 378 g/mol. The van der Waals surface area contributed by atoms with Gasteiger partial charge in [-0.3, -0.25) is 14.5 Å². The van der Waals surface area contributed by atoms with Crippen molar-refractivity contribution < 1.29 is 19.2 Å². The van der Waals surface area contributed by atoms with Crippen LogP contribution in [0, 0.1) is 0 Å². The molecular weight excluding hydrogens is 356 g/mol. The lowest BCUT2D eigenvalue weighted by Crippen LogP contribution is -2.81. The molecule has 144 valence electrons. The Hall–Kier alpha value is -2.70. The molecule has 3 aliphatic rings. The van der Waals surface area contributed by atoms with E-state index in [0.29, 0.717) is 19.4 Å². The van der Waals surface area contributed by atoms with Crippen molar-refractivity contribution in [3.8, 4) is 0 Å². The Kier molecular flexibility index (Phi) is 4.00. The number of piperidine rings is 1. The van der Waals surface area contributed by atoms with Crippen LogP contribution in [0.4, 0.5) is 5.69 Å². The second kappa shape index (κ2) is 6.43. The van der Waals surface area contributed by atoms with Crippen molar-refractivity contribution in [2.45, 2.75) is 44.0 Å². The molecule has 6 nitrogen and oxygen atoms in total. The molecule has 0 aliphatic carbocycles. The summed E-state index contributed by atoms with van der Waals surface area (Å²) >= 11 is 0. The number of ether oxygens (including phenoxy) is 1. The van der Waals surface area contributed by atoms with Crippen LogP contribution in [0.1, 0.15) is 36.9 Å². The summed E-state index contributed by atoms with van der Waals surface area (Å²) in [6, 6.07) is 17.1. The SMILES string of the molecule is CCOC(=O)[C@]12[C@@H]3CCC(=O)N1c1ccccc1[C@H]2N3OCc1ccccc1. The minimum absolute atomic E-state index is 0.0260. The number of anilines is 1. The summed E-state index contributed by atoms with van der Waals surface area (Å²) in [6.07, 6.45) is 0.964. The van der Waals surface area contributed by atoms with Gasteiger partial charge in [0.05, 0.1) is 31.0 Å². The highest BCUT2D eigenvalue weighted by Crippen LogP contribution is 2.63. The molecule has 1 amide bonds. The van der Waals surface area contributed by atoms with Crippen molar-refractivity contribution in [2.24, 2.45) is 0 Å². The van der Waals surface area contributed by atoms with E-state index in [1.54, 1.807) is 11.8 Å². The molecule has 0 N–H and O–H groups in total. The summed E-state index contributed by atoms with van der Waals surface area (Å²) in [6.45, 7) is 2.49. The molecule has 0 unspecified atom stereocenters. The Morgan fingerprint density at radius 1 is 1.14 bits per heavy atom. The van der Waals surface area contributed by atoms with Crippen LogP contribution in [-0.4, -0.2) is 35.1 Å². The summed E-state index contributed by atoms with van der Waals surface area (Å²) in [5.74, 6) is -0.365. The first-order valence-corrected chi connectivity index (χ1v) is 9.74. The maximum absolute atomic E-state index is 13.2. The van der Waals surface area contributed by atoms with E-state index in [1.165, 1.54) is 0 Å². The second-order valence-electron chi connectivity index (χ2n) is 7.41. The Labute approximate surface area is 163 Å². The van der Waals surface area contributed by atoms with Crippen LogP contribution < -0.4 is 4.90 Å². The molecule has 3 atom stereocenters. The lowest BCUT2D eigenvalue weighted by Gasteiger charge is -2.61. The molecule has 0 radical (unpaired) electrons. The first kappa shape index (κ1) is 17.4. The topological polar surface area (TPSA) is 59.1 Å². The fraction of sp³-hybridized carbons (Fsp3) is 0.364. The molecule has 3 heterocycles. The zero-order chi connectivity index (χ0) is 19.3. The zero-order valence-corrected chi connectivity index (χ0v) is 15.7. The van der Waals surface area contributed by atoms with Crippen LogP contribution in [0.5, 0.6) is 0 Å². The predicted molar refractivity (Wildman–Crippen MR) is 102 cm³/mol. The second-order valence-corrected chi connectivity index (χ2v) is 7.41. The van der Waals surface area contributed by atoms with Crippen LogP contribution in [-0.2, 0) is 25.8 Å². The van der Waals surface area contributed by atoms with Crippen molar-refractivity contribution >= 4 is 17.6 Å². The lowest BCUT2D eigenvalue weighted by atomic mass is 9.69. The van der Waals surface area contributed by atoms with Crippen molar-refractivity contribution in [3.63, 3.8) is 0 Å². The average Bonchev–Trinajstić information content (AvgIpc) is 3.00. The molecule has 2 aromatic carbocycles. The number of rotatable bonds is 5. The summed E-state index contributed by atoms with van der Waals surface area (Å²) in [7, 11) is 0. The first-order chi connectivity index (χ1) is 13.7. The standard InChI is InChI=1S/C22H22N2O4/c1-2-27-21(26)22-18-12-13-19(25)23(22)17-11-7-6-10-16(17)20(22)24(18)28-14-15-8-4-3-5-9-15/h3-11,18,20H,2,12-14H2,1H3/t18-,20+,22+/m0/s1. The number of nitrogens with zero attached hydrogens (tertiary/aromatic N) is 2. The Morgan fingerprint density at radius 3 is 2.68 bits per heavy atom. The van der Waals surface area contributed by atoms with Gasteiger partial charge < -0.3 is 4.74 Å². The predicted octanol–water partition coefficient (Wildman–Crippen LogP) is 2.99. The minimum atomic E-state index is -1.02. The van der Waals surface area contributed by atoms with Gasteiger partial charge in [-0.1, -0.05) is 48.5 Å². The van der Waals surface area contributed by atoms with Gasteiger partial charge in [-0.25, -0.2) is 4.79 Å². The van der Waals surface area contributed by atoms with Crippen molar-refractivity contribution in [2.75, 3.05) is 11.5 Å². The van der Waals surface area contributed by atoms with Gasteiger partial charge in [-0.2, -0.15) is 5.06 Å². The number of hydroxylamine groups is 2. The quantitative estimate of drug-likeness (QED) is 0.749. The molecule has 2 saturated heterocycles. The molecular formula is C22H22N2O4. The molecule has 0 bridgehead atoms. The Balaban J connectivity index is 1.55. The molecule has 2 fully saturated rings. The number of amides is 1. The van der Waals surface area contributed by atoms with E-state index < -0.39 is 5.54 Å². The van der Waals surface area contributed by atoms with Crippen molar-refractivity contribution in [3.05, 3.63) is 65.7 Å². The van der Waals surface area contributed by atoms with E-state index >= 15 is 0 Å². The van der Waals surface area contributed by atoms with Gasteiger partial charge in [0, 0.05) is 6.42 Å². The van der Waals surface area contributed by atoms with E-state index in [1.807, 2.05) is 59.7 Å². The zero-order valence-electron chi connectivity index (χ0n) is 15.7. The molecule has 0 spiro atoms. The highest BCUT2D eigenvalue weighted by atomic mass is 16.7. The van der Waals surface area contributed by atoms with Gasteiger partial charge in [0.15, 0.2) is 5.54 Å². The molecule has 2 aromatic rings. The number of fused-ring (bicyclic) bond motifs is 3. The smallest absolute Gasteiger partial charge is 0.336 e. The Morgan fingerprint density at radius 2 is 1.89 bits per heavy atom. The summed E-state index contributed by atoms with van der Waals surface area (Å²) < 4.78 is 5.46. The highest BCUT2D eigenvalue weighted by Gasteiger charge is 2.77. The Bertz CT molecular complexity index is 931. The maximum Gasteiger partial charge on any atom is 0.336 e. The number of para-hydroxylation sites is 1. The summed E-state index contributed by atoms with van der Waals surface area (Å²) in [5.41, 5.74) is 1.77. The van der Waals surface area contributed by atoms with E-state index in [0.717, 1.165) is 16.8 Å². The van der Waals surface area contributed by atoms with E-state index in [2.05, 4.69) is 0 Å². The third-order valence-electron chi connectivity index (χ3n) is 6.04. The van der Waals surface area contributed by atoms with Gasteiger partial charge >= 0.3 is 5.97 Å². The third-order valence-corrected chi connectivity index (χ3v) is 6.04. The number of carbonyl (C=O) groups is 2. The van der Waals surface area contributed by atoms with E-state index in [4.69, 9.17) is 9.57 Å². The number of hydrogen-bond donors (Lipinski definition) is 0. The van der Waals surface area contributed by atoms with Crippen LogP contribution in [0.2, 0.25) is 0 Å². The number of benzene rings is 2. The normalized spacial score (nSPS) is 27.8. The number of hydrogen-bond acceptors (Lipinski definition) is 5. The molecule has 3 aliphatic heterocycles. The molecule has 6 heteroatoms. The fourth-order valence-corrected chi connectivity index (χ4v) is 4.97. The van der Waals surface area contributed by atoms with Crippen molar-refractivity contribution in [1.82, 2.24) is 5.06 Å². The first-order valence-electron chi connectivity index (χ1n) is 9.74. The molecule has 28 heavy (non-hydrogen) atoms. The monoisotopic (exact) mass is 378 g/mol. The maximum atomic E-state index is 13.2. The largest absolute Gasteiger partial charge is 0.464 e. The van der Waals surface area contributed by atoms with Gasteiger partial charge in [0.1, 0.15) is 0 Å². The molecule has 0 aromatic heterocycles. The highest BCUT2D eigenvalue weighted by molar-refractivity contribution is 6.08. The van der Waals surface area contributed by atoms with Crippen LogP contribution >= 0.6 is 0 Å². The molecule has 0 saturated carbocycles. The number of carbonyl (C=O) groups excluding carboxylic acids is 2. The van der Waals surface area contributed by atoms with Crippen LogP contribution in [0.3, 0.4) is 0 Å². The van der Waals surface area contributed by atoms with E-state index in [9.17, 15) is 9.59 Å². The van der Waals surface area contributed by atoms with Gasteiger partial charge in [-0.05, 0) is 30.5 Å². The van der Waals surface area contributed by atoms with Gasteiger partial charge in [-0.15, -0.1) is 0 Å². The van der Waals surface area contributed by atoms with Crippen LogP contribution in [0.15, 0.2) is 54.6 Å². The van der Waals surface area contributed by atoms with E-state index in [-0.39, 0.29) is 30.6 Å². The summed E-state index contributed by atoms with van der Waals surface area (Å²) in [4.78, 5) is 33.9. The summed E-state index contributed by atoms with van der Waals surface area (Å²) in [5, 5.41) is 1.91. The number of esters is 1. The lowest BCUT2D eigenvalue weighted by molar-refractivity contribution is -0.309. The van der Waals surface area contributed by atoms with Crippen LogP contribution in [0.25, 0.3) is 0 Å². The molecule has 5 rings (SSSR count). The van der Waals surface area contributed by atoms with Gasteiger partial charge in [0.25, 0.3) is 0 Å².